The molecule has 1 aliphatic rings. The van der Waals surface area contributed by atoms with Crippen molar-refractivity contribution in [2.24, 2.45) is 7.05 Å². The minimum absolute atomic E-state index is 0.0168. The number of hydrogen-bond donors (Lipinski definition) is 0. The lowest BCUT2D eigenvalue weighted by molar-refractivity contribution is -0.141. The van der Waals surface area contributed by atoms with Gasteiger partial charge in [0.05, 0.1) is 22.5 Å². The van der Waals surface area contributed by atoms with Gasteiger partial charge < -0.3 is 9.47 Å². The number of nitriles is 1. The van der Waals surface area contributed by atoms with Gasteiger partial charge in [0.25, 0.3) is 6.43 Å². The second-order valence-corrected chi connectivity index (χ2v) is 10.9. The number of aromatic nitrogens is 7. The number of piperidine rings is 1. The summed E-state index contributed by atoms with van der Waals surface area (Å²) in [6, 6.07) is 2.33. The van der Waals surface area contributed by atoms with Gasteiger partial charge in [-0.1, -0.05) is 13.8 Å². The molecule has 0 amide bonds. The van der Waals surface area contributed by atoms with Crippen LogP contribution in [0.4, 0.5) is 32.0 Å². The molecule has 5 rings (SSSR count). The first-order valence-corrected chi connectivity index (χ1v) is 13.6. The van der Waals surface area contributed by atoms with E-state index in [1.807, 2.05) is 13.8 Å². The smallest absolute Gasteiger partial charge is 0.368 e. The maximum atomic E-state index is 15.9. The lowest BCUT2D eigenvalue weighted by atomic mass is 9.91. The second-order valence-electron chi connectivity index (χ2n) is 10.9. The Morgan fingerprint density at radius 3 is 2.26 bits per heavy atom. The molecule has 43 heavy (non-hydrogen) atoms. The van der Waals surface area contributed by atoms with E-state index in [9.17, 15) is 27.2 Å². The third-order valence-corrected chi connectivity index (χ3v) is 7.14. The van der Waals surface area contributed by atoms with Crippen molar-refractivity contribution in [1.29, 1.82) is 5.26 Å². The lowest BCUT2D eigenvalue weighted by Crippen LogP contribution is -2.42. The number of pyridine rings is 2. The first-order valence-electron chi connectivity index (χ1n) is 13.6. The Bertz CT molecular complexity index is 1650. The zero-order chi connectivity index (χ0) is 31.9. The number of anilines is 1. The lowest BCUT2D eigenvalue weighted by Gasteiger charge is -2.38. The zero-order valence-electron chi connectivity index (χ0n) is 24.5. The average molecular weight is 608 g/mol. The Balaban J connectivity index is 0.00000207. The van der Waals surface area contributed by atoms with Gasteiger partial charge in [0.1, 0.15) is 18.1 Å². The summed E-state index contributed by atoms with van der Waals surface area (Å²) in [5, 5.41) is 21.7. The molecule has 5 heterocycles. The molecule has 0 unspecified atom stereocenters. The first-order chi connectivity index (χ1) is 20.1. The maximum absolute atomic E-state index is 15.9. The van der Waals surface area contributed by atoms with E-state index in [4.69, 9.17) is 0 Å². The molecule has 0 spiro atoms. The van der Waals surface area contributed by atoms with Crippen LogP contribution < -0.4 is 4.90 Å². The van der Waals surface area contributed by atoms with E-state index in [1.54, 1.807) is 33.9 Å². The van der Waals surface area contributed by atoms with Crippen LogP contribution in [0.1, 0.15) is 76.5 Å². The number of fused-ring (bicyclic) bond motifs is 1. The van der Waals surface area contributed by atoms with Crippen molar-refractivity contribution in [1.82, 2.24) is 34.5 Å². The van der Waals surface area contributed by atoms with E-state index in [1.165, 1.54) is 26.7 Å². The van der Waals surface area contributed by atoms with Crippen LogP contribution in [0.15, 0.2) is 24.8 Å². The number of alkyl halides is 6. The molecule has 15 heteroatoms. The van der Waals surface area contributed by atoms with Gasteiger partial charge in [0, 0.05) is 61.9 Å². The Hall–Kier alpha value is -4.22. The number of aryl methyl sites for hydroxylation is 1. The van der Waals surface area contributed by atoms with E-state index in [0.717, 1.165) is 6.20 Å². The van der Waals surface area contributed by atoms with E-state index >= 15 is 4.39 Å². The second kappa shape index (κ2) is 11.5. The van der Waals surface area contributed by atoms with Crippen molar-refractivity contribution in [2.45, 2.75) is 71.3 Å². The minimum Gasteiger partial charge on any atom is -0.368 e. The predicted molar refractivity (Wildman–Crippen MR) is 147 cm³/mol. The van der Waals surface area contributed by atoms with Gasteiger partial charge >= 0.3 is 6.18 Å². The van der Waals surface area contributed by atoms with Crippen molar-refractivity contribution in [2.75, 3.05) is 18.0 Å². The highest BCUT2D eigenvalue weighted by Gasteiger charge is 2.42. The normalized spacial score (nSPS) is 15.4. The van der Waals surface area contributed by atoms with Crippen LogP contribution in [-0.2, 0) is 24.4 Å². The van der Waals surface area contributed by atoms with E-state index in [-0.39, 0.29) is 54.0 Å². The topological polar surface area (TPSA) is 101 Å². The highest BCUT2D eigenvalue weighted by molar-refractivity contribution is 5.90. The molecular formula is C28H31F6N9. The quantitative estimate of drug-likeness (QED) is 0.238. The molecule has 4 aromatic heterocycles. The summed E-state index contributed by atoms with van der Waals surface area (Å²) in [6.45, 7) is 9.29. The van der Waals surface area contributed by atoms with E-state index in [0.29, 0.717) is 6.07 Å². The third-order valence-electron chi connectivity index (χ3n) is 7.14. The number of hydrogen-bond acceptors (Lipinski definition) is 7. The van der Waals surface area contributed by atoms with E-state index in [2.05, 4.69) is 25.3 Å². The van der Waals surface area contributed by atoms with Crippen LogP contribution in [-0.4, -0.2) is 47.6 Å². The first kappa shape index (κ1) is 31.7. The van der Waals surface area contributed by atoms with Crippen molar-refractivity contribution < 1.29 is 26.3 Å². The van der Waals surface area contributed by atoms with Gasteiger partial charge in [-0.2, -0.15) is 23.5 Å². The SMILES string of the molecule is CC.Cn1cnnc1C1(F)CCN(c2c(C#N)cc(C(F)(F)F)nc2-c2cnc3nn(C(C)(C)C)cc3c2C(F)F)CC1. The summed E-state index contributed by atoms with van der Waals surface area (Å²) in [4.78, 5) is 9.43. The van der Waals surface area contributed by atoms with Gasteiger partial charge in [-0.15, -0.1) is 10.2 Å². The highest BCUT2D eigenvalue weighted by atomic mass is 19.4. The Morgan fingerprint density at radius 2 is 1.74 bits per heavy atom. The van der Waals surface area contributed by atoms with Crippen LogP contribution in [0, 0.1) is 11.3 Å². The van der Waals surface area contributed by atoms with Crippen molar-refractivity contribution >= 4 is 16.7 Å². The molecule has 1 saturated heterocycles. The third kappa shape index (κ3) is 5.87. The van der Waals surface area contributed by atoms with Crippen molar-refractivity contribution in [3.8, 4) is 17.3 Å². The molecule has 230 valence electrons. The number of rotatable bonds is 4. The van der Waals surface area contributed by atoms with Gasteiger partial charge in [0.15, 0.2) is 17.1 Å². The predicted octanol–water partition coefficient (Wildman–Crippen LogP) is 6.70. The summed E-state index contributed by atoms with van der Waals surface area (Å²) < 4.78 is 89.8. The molecule has 4 aromatic rings. The number of halogens is 6. The monoisotopic (exact) mass is 607 g/mol. The minimum atomic E-state index is -4.97. The van der Waals surface area contributed by atoms with E-state index < -0.39 is 46.3 Å². The summed E-state index contributed by atoms with van der Waals surface area (Å²) in [5.74, 6) is 0.0916. The largest absolute Gasteiger partial charge is 0.433 e. The molecule has 0 aromatic carbocycles. The molecule has 0 atom stereocenters. The Morgan fingerprint density at radius 1 is 1.09 bits per heavy atom. The van der Waals surface area contributed by atoms with Crippen LogP contribution in [0.5, 0.6) is 0 Å². The number of nitrogens with zero attached hydrogens (tertiary/aromatic N) is 9. The standard InChI is InChI=1S/C26H25F6N9.C2H6/c1-24(2,3)41-12-16-18(21(27)28)15(11-34-22(16)38-41)19-20(14(10-33)9-17(36-19)26(30,31)32)40-7-5-25(29,6-8-40)23-37-35-13-39(23)4;1-2/h9,11-13,21H,5-8H2,1-4H3;1-2H3. The fourth-order valence-electron chi connectivity index (χ4n) is 5.03. The van der Waals surface area contributed by atoms with Crippen LogP contribution in [0.3, 0.4) is 0 Å². The zero-order valence-corrected chi connectivity index (χ0v) is 24.5. The Kier molecular flexibility index (Phi) is 8.45. The molecule has 0 radical (unpaired) electrons. The molecule has 1 fully saturated rings. The van der Waals surface area contributed by atoms with Gasteiger partial charge in [0.2, 0.25) is 0 Å². The molecule has 1 aliphatic heterocycles. The fourth-order valence-corrected chi connectivity index (χ4v) is 5.03. The van der Waals surface area contributed by atoms with Crippen LogP contribution in [0.25, 0.3) is 22.3 Å². The molecule has 9 nitrogen and oxygen atoms in total. The summed E-state index contributed by atoms with van der Waals surface area (Å²) in [7, 11) is 1.59. The van der Waals surface area contributed by atoms with Gasteiger partial charge in [-0.3, -0.25) is 4.68 Å². The molecule has 0 bridgehead atoms. The van der Waals surface area contributed by atoms with Gasteiger partial charge in [-0.05, 0) is 26.8 Å². The summed E-state index contributed by atoms with van der Waals surface area (Å²) >= 11 is 0. The van der Waals surface area contributed by atoms with Crippen LogP contribution in [0.2, 0.25) is 0 Å². The average Bonchev–Trinajstić information content (AvgIpc) is 3.59. The van der Waals surface area contributed by atoms with Crippen molar-refractivity contribution in [3.05, 3.63) is 47.4 Å². The Labute approximate surface area is 244 Å². The highest BCUT2D eigenvalue weighted by Crippen LogP contribution is 2.45. The molecule has 0 N–H and O–H groups in total. The maximum Gasteiger partial charge on any atom is 0.433 e. The summed E-state index contributed by atoms with van der Waals surface area (Å²) in [6.07, 6.45) is -4.67. The molecule has 0 aliphatic carbocycles. The van der Waals surface area contributed by atoms with Crippen LogP contribution >= 0.6 is 0 Å². The summed E-state index contributed by atoms with van der Waals surface area (Å²) in [5.41, 5.74) is -5.93. The fraction of sp³-hybridized carbons (Fsp3) is 0.500. The molecular weight excluding hydrogens is 576 g/mol. The van der Waals surface area contributed by atoms with Crippen molar-refractivity contribution in [3.63, 3.8) is 0 Å². The molecule has 0 saturated carbocycles. The van der Waals surface area contributed by atoms with Gasteiger partial charge in [-0.25, -0.2) is 23.1 Å².